The van der Waals surface area contributed by atoms with Crippen LogP contribution in [0.15, 0.2) is 18.2 Å². The van der Waals surface area contributed by atoms with Crippen LogP contribution in [-0.2, 0) is 15.0 Å². The van der Waals surface area contributed by atoms with Crippen molar-refractivity contribution in [2.24, 2.45) is 0 Å². The molecule has 0 aromatic heterocycles. The molecule has 0 spiro atoms. The molecule has 0 saturated carbocycles. The van der Waals surface area contributed by atoms with Gasteiger partial charge in [0.1, 0.15) is 17.7 Å². The van der Waals surface area contributed by atoms with Gasteiger partial charge in [-0.25, -0.2) is 4.39 Å². The number of halogens is 1. The monoisotopic (exact) mass is 279 g/mol. The number of hydrogen-bond donors (Lipinski definition) is 0. The van der Waals surface area contributed by atoms with Gasteiger partial charge < -0.3 is 9.64 Å². The minimum atomic E-state index is -0.528. The average Bonchev–Trinajstić information content (AvgIpc) is 2.32. The molecule has 0 aliphatic carbocycles. The summed E-state index contributed by atoms with van der Waals surface area (Å²) in [5.41, 5.74) is 0.553. The highest BCUT2D eigenvalue weighted by atomic mass is 19.1. The summed E-state index contributed by atoms with van der Waals surface area (Å²) in [7, 11) is 0. The van der Waals surface area contributed by atoms with E-state index in [0.29, 0.717) is 25.1 Å². The summed E-state index contributed by atoms with van der Waals surface area (Å²) in [6.07, 6.45) is 0.153. The zero-order valence-corrected chi connectivity index (χ0v) is 11.9. The maximum absolute atomic E-state index is 13.4. The maximum atomic E-state index is 13.4. The van der Waals surface area contributed by atoms with Gasteiger partial charge in [-0.05, 0) is 23.6 Å². The van der Waals surface area contributed by atoms with Crippen LogP contribution in [0.3, 0.4) is 0 Å². The van der Waals surface area contributed by atoms with E-state index in [1.165, 1.54) is 17.0 Å². The third kappa shape index (κ3) is 2.98. The van der Waals surface area contributed by atoms with Crippen LogP contribution in [-0.4, -0.2) is 36.3 Å². The SMILES string of the molecule is CC(C)(C)c1cc(F)ccc1OC1CN(C(=O)C=O)C1. The highest BCUT2D eigenvalue weighted by Gasteiger charge is 2.33. The summed E-state index contributed by atoms with van der Waals surface area (Å²) in [6.45, 7) is 6.73. The number of hydrogen-bond acceptors (Lipinski definition) is 3. The van der Waals surface area contributed by atoms with Crippen LogP contribution in [0, 0.1) is 5.82 Å². The molecular formula is C15H18FNO3. The Morgan fingerprint density at radius 2 is 2.05 bits per heavy atom. The number of aldehydes is 1. The van der Waals surface area contributed by atoms with Gasteiger partial charge in [0.2, 0.25) is 6.29 Å². The number of carbonyl (C=O) groups excluding carboxylic acids is 2. The van der Waals surface area contributed by atoms with Crippen molar-refractivity contribution in [3.8, 4) is 5.75 Å². The van der Waals surface area contributed by atoms with Crippen molar-refractivity contribution in [1.29, 1.82) is 0 Å². The minimum absolute atomic E-state index is 0.148. The lowest BCUT2D eigenvalue weighted by Crippen LogP contribution is -2.56. The Morgan fingerprint density at radius 1 is 1.40 bits per heavy atom. The second-order valence-electron chi connectivity index (χ2n) is 5.99. The van der Waals surface area contributed by atoms with Crippen LogP contribution < -0.4 is 4.74 Å². The minimum Gasteiger partial charge on any atom is -0.486 e. The van der Waals surface area contributed by atoms with Crippen molar-refractivity contribution in [2.45, 2.75) is 32.3 Å². The first-order valence-electron chi connectivity index (χ1n) is 6.52. The average molecular weight is 279 g/mol. The van der Waals surface area contributed by atoms with E-state index in [4.69, 9.17) is 4.74 Å². The summed E-state index contributed by atoms with van der Waals surface area (Å²) in [5, 5.41) is 0. The largest absolute Gasteiger partial charge is 0.486 e. The van der Waals surface area contributed by atoms with Gasteiger partial charge >= 0.3 is 0 Å². The molecule has 1 aromatic rings. The lowest BCUT2D eigenvalue weighted by Gasteiger charge is -2.38. The third-order valence-corrected chi connectivity index (χ3v) is 3.30. The van der Waals surface area contributed by atoms with Crippen molar-refractivity contribution in [3.63, 3.8) is 0 Å². The lowest BCUT2D eigenvalue weighted by atomic mass is 9.86. The van der Waals surface area contributed by atoms with E-state index in [0.717, 1.165) is 5.56 Å². The highest BCUT2D eigenvalue weighted by molar-refractivity contribution is 6.23. The first-order valence-corrected chi connectivity index (χ1v) is 6.52. The van der Waals surface area contributed by atoms with Gasteiger partial charge in [-0.15, -0.1) is 0 Å². The number of ether oxygens (including phenoxy) is 1. The summed E-state index contributed by atoms with van der Waals surface area (Å²) in [6, 6.07) is 4.44. The van der Waals surface area contributed by atoms with Crippen molar-refractivity contribution in [1.82, 2.24) is 4.90 Å². The summed E-state index contributed by atoms with van der Waals surface area (Å²) < 4.78 is 19.2. The number of likely N-dealkylation sites (tertiary alicyclic amines) is 1. The Morgan fingerprint density at radius 3 is 2.60 bits per heavy atom. The van der Waals surface area contributed by atoms with Gasteiger partial charge in [-0.3, -0.25) is 9.59 Å². The molecule has 2 rings (SSSR count). The molecule has 0 atom stereocenters. The fourth-order valence-electron chi connectivity index (χ4n) is 2.14. The van der Waals surface area contributed by atoms with Crippen molar-refractivity contribution >= 4 is 12.2 Å². The van der Waals surface area contributed by atoms with Crippen LogP contribution in [0.4, 0.5) is 4.39 Å². The molecule has 1 heterocycles. The van der Waals surface area contributed by atoms with E-state index in [1.807, 2.05) is 20.8 Å². The van der Waals surface area contributed by atoms with Gasteiger partial charge in [0.15, 0.2) is 0 Å². The first kappa shape index (κ1) is 14.5. The normalized spacial score (nSPS) is 15.7. The van der Waals surface area contributed by atoms with Gasteiger partial charge in [0, 0.05) is 5.56 Å². The Bertz CT molecular complexity index is 530. The van der Waals surface area contributed by atoms with E-state index in [-0.39, 0.29) is 17.3 Å². The molecule has 1 amide bonds. The Hall–Kier alpha value is -1.91. The molecule has 4 nitrogen and oxygen atoms in total. The summed E-state index contributed by atoms with van der Waals surface area (Å²) >= 11 is 0. The molecule has 1 saturated heterocycles. The third-order valence-electron chi connectivity index (χ3n) is 3.30. The van der Waals surface area contributed by atoms with Crippen LogP contribution in [0.25, 0.3) is 0 Å². The predicted octanol–water partition coefficient (Wildman–Crippen LogP) is 1.91. The van der Waals surface area contributed by atoms with Crippen LogP contribution in [0.5, 0.6) is 5.75 Å². The Balaban J connectivity index is 2.08. The molecule has 0 radical (unpaired) electrons. The molecule has 1 aliphatic rings. The van der Waals surface area contributed by atoms with E-state index in [1.54, 1.807) is 6.07 Å². The van der Waals surface area contributed by atoms with E-state index < -0.39 is 5.91 Å². The Labute approximate surface area is 117 Å². The molecule has 1 aliphatic heterocycles. The summed E-state index contributed by atoms with van der Waals surface area (Å²) in [4.78, 5) is 22.9. The Kier molecular flexibility index (Phi) is 3.79. The standard InChI is InChI=1S/C15H18FNO3/c1-15(2,3)12-6-10(16)4-5-13(12)20-11-7-17(8-11)14(19)9-18/h4-6,9,11H,7-8H2,1-3H3. The molecule has 20 heavy (non-hydrogen) atoms. The zero-order valence-electron chi connectivity index (χ0n) is 11.9. The number of nitrogens with zero attached hydrogens (tertiary/aromatic N) is 1. The van der Waals surface area contributed by atoms with E-state index in [2.05, 4.69) is 0 Å². The molecule has 108 valence electrons. The molecule has 0 N–H and O–H groups in total. The van der Waals surface area contributed by atoms with Crippen molar-refractivity contribution < 1.29 is 18.7 Å². The van der Waals surface area contributed by atoms with Gasteiger partial charge in [-0.2, -0.15) is 0 Å². The summed E-state index contributed by atoms with van der Waals surface area (Å²) in [5.74, 6) is -0.198. The van der Waals surface area contributed by atoms with Gasteiger partial charge in [0.05, 0.1) is 13.1 Å². The quantitative estimate of drug-likeness (QED) is 0.627. The van der Waals surface area contributed by atoms with Gasteiger partial charge in [-0.1, -0.05) is 20.8 Å². The highest BCUT2D eigenvalue weighted by Crippen LogP contribution is 2.33. The van der Waals surface area contributed by atoms with E-state index in [9.17, 15) is 14.0 Å². The van der Waals surface area contributed by atoms with Crippen molar-refractivity contribution in [2.75, 3.05) is 13.1 Å². The smallest absolute Gasteiger partial charge is 0.286 e. The topological polar surface area (TPSA) is 46.6 Å². The van der Waals surface area contributed by atoms with E-state index >= 15 is 0 Å². The van der Waals surface area contributed by atoms with Crippen LogP contribution in [0.1, 0.15) is 26.3 Å². The second-order valence-corrected chi connectivity index (χ2v) is 5.99. The lowest BCUT2D eigenvalue weighted by molar-refractivity contribution is -0.145. The number of benzene rings is 1. The molecule has 5 heteroatoms. The number of rotatable bonds is 3. The predicted molar refractivity (Wildman–Crippen MR) is 72.2 cm³/mol. The number of carbonyl (C=O) groups is 2. The fraction of sp³-hybridized carbons (Fsp3) is 0.467. The molecule has 0 unspecified atom stereocenters. The second kappa shape index (κ2) is 5.23. The van der Waals surface area contributed by atoms with Gasteiger partial charge in [0.25, 0.3) is 5.91 Å². The molecule has 0 bridgehead atoms. The molecule has 1 aromatic carbocycles. The molecule has 1 fully saturated rings. The maximum Gasteiger partial charge on any atom is 0.286 e. The number of amides is 1. The van der Waals surface area contributed by atoms with Crippen molar-refractivity contribution in [3.05, 3.63) is 29.6 Å². The fourth-order valence-corrected chi connectivity index (χ4v) is 2.14. The molecular weight excluding hydrogens is 261 g/mol. The van der Waals surface area contributed by atoms with Crippen LogP contribution in [0.2, 0.25) is 0 Å². The van der Waals surface area contributed by atoms with Crippen LogP contribution >= 0.6 is 0 Å². The zero-order chi connectivity index (χ0) is 14.9. The first-order chi connectivity index (χ1) is 9.31.